The molecular formula is C21H11BrCl2IN3O2S. The van der Waals surface area contributed by atoms with E-state index >= 15 is 0 Å². The van der Waals surface area contributed by atoms with Crippen molar-refractivity contribution in [3.05, 3.63) is 78.2 Å². The highest BCUT2D eigenvalue weighted by Crippen LogP contribution is 2.32. The lowest BCUT2D eigenvalue weighted by molar-refractivity contribution is 0.0978. The lowest BCUT2D eigenvalue weighted by atomic mass is 10.2. The molecule has 31 heavy (non-hydrogen) atoms. The van der Waals surface area contributed by atoms with Crippen LogP contribution in [0.3, 0.4) is 0 Å². The molecular weight excluding hydrogens is 636 g/mol. The van der Waals surface area contributed by atoms with Crippen LogP contribution in [0.25, 0.3) is 22.6 Å². The number of fused-ring (bicyclic) bond motifs is 1. The summed E-state index contributed by atoms with van der Waals surface area (Å²) < 4.78 is 7.86. The van der Waals surface area contributed by atoms with E-state index in [1.54, 1.807) is 36.4 Å². The van der Waals surface area contributed by atoms with Crippen LogP contribution in [0.5, 0.6) is 0 Å². The quantitative estimate of drug-likeness (QED) is 0.181. The third kappa shape index (κ3) is 5.04. The van der Waals surface area contributed by atoms with Crippen molar-refractivity contribution < 1.29 is 9.21 Å². The van der Waals surface area contributed by atoms with Gasteiger partial charge in [0.05, 0.1) is 21.2 Å². The molecule has 0 fully saturated rings. The Kier molecular flexibility index (Phi) is 6.83. The molecule has 156 valence electrons. The minimum absolute atomic E-state index is 0.115. The molecule has 0 saturated carbocycles. The fourth-order valence-corrected chi connectivity index (χ4v) is 4.30. The Hall–Kier alpha value is -1.72. The molecule has 0 atom stereocenters. The molecule has 0 spiro atoms. The van der Waals surface area contributed by atoms with Crippen molar-refractivity contribution in [1.29, 1.82) is 0 Å². The zero-order chi connectivity index (χ0) is 22.1. The first kappa shape index (κ1) is 22.5. The van der Waals surface area contributed by atoms with Gasteiger partial charge in [-0.25, -0.2) is 4.98 Å². The Morgan fingerprint density at radius 3 is 2.74 bits per heavy atom. The van der Waals surface area contributed by atoms with Crippen LogP contribution >= 0.6 is 73.9 Å². The van der Waals surface area contributed by atoms with Crippen LogP contribution in [-0.2, 0) is 0 Å². The summed E-state index contributed by atoms with van der Waals surface area (Å²) >= 11 is 23.1. The molecule has 2 N–H and O–H groups in total. The van der Waals surface area contributed by atoms with Crippen LogP contribution in [0, 0.1) is 3.57 Å². The maximum Gasteiger partial charge on any atom is 0.258 e. The van der Waals surface area contributed by atoms with Crippen LogP contribution in [-0.4, -0.2) is 16.0 Å². The Morgan fingerprint density at radius 1 is 1.13 bits per heavy atom. The number of carbonyl (C=O) groups excluding carboxylic acids is 1. The molecule has 0 unspecified atom stereocenters. The van der Waals surface area contributed by atoms with Gasteiger partial charge in [0.2, 0.25) is 5.89 Å². The standard InChI is InChI=1S/C21H11BrCl2IN3O2S/c22-14-6-4-10(25)8-13(14)20-27-16-9-11(5-7-17(16)30-20)26-21(31)28-19(29)12-2-1-3-15(23)18(12)24/h1-9H,(H2,26,28,29,31). The van der Waals surface area contributed by atoms with E-state index in [1.807, 2.05) is 18.2 Å². The number of hydrogen-bond acceptors (Lipinski definition) is 4. The van der Waals surface area contributed by atoms with E-state index in [-0.39, 0.29) is 15.7 Å². The summed E-state index contributed by atoms with van der Waals surface area (Å²) in [5.74, 6) is 0.0438. The van der Waals surface area contributed by atoms with Gasteiger partial charge in [0.25, 0.3) is 5.91 Å². The molecule has 0 aliphatic heterocycles. The number of aromatic nitrogens is 1. The lowest BCUT2D eigenvalue weighted by Crippen LogP contribution is -2.34. The number of benzene rings is 3. The predicted molar refractivity (Wildman–Crippen MR) is 140 cm³/mol. The van der Waals surface area contributed by atoms with E-state index in [0.29, 0.717) is 27.7 Å². The number of amides is 1. The van der Waals surface area contributed by atoms with Crippen molar-refractivity contribution in [2.24, 2.45) is 0 Å². The summed E-state index contributed by atoms with van der Waals surface area (Å²) in [5, 5.41) is 6.14. The second-order valence-corrected chi connectivity index (χ2v) is 9.63. The van der Waals surface area contributed by atoms with Gasteiger partial charge in [-0.1, -0.05) is 29.3 Å². The van der Waals surface area contributed by atoms with E-state index in [1.165, 1.54) is 0 Å². The first-order valence-electron chi connectivity index (χ1n) is 8.74. The van der Waals surface area contributed by atoms with Crippen LogP contribution in [0.4, 0.5) is 5.69 Å². The predicted octanol–water partition coefficient (Wildman–Crippen LogP) is 7.30. The number of carbonyl (C=O) groups is 1. The molecule has 5 nitrogen and oxygen atoms in total. The molecule has 1 amide bonds. The van der Waals surface area contributed by atoms with Crippen molar-refractivity contribution in [3.63, 3.8) is 0 Å². The number of hydrogen-bond donors (Lipinski definition) is 2. The highest BCUT2D eigenvalue weighted by atomic mass is 127. The van der Waals surface area contributed by atoms with Crippen molar-refractivity contribution >= 4 is 102 Å². The van der Waals surface area contributed by atoms with Gasteiger partial charge in [0, 0.05) is 13.7 Å². The zero-order valence-corrected chi connectivity index (χ0v) is 21.5. The lowest BCUT2D eigenvalue weighted by Gasteiger charge is -2.10. The molecule has 4 aromatic rings. The van der Waals surface area contributed by atoms with E-state index < -0.39 is 5.91 Å². The second kappa shape index (κ2) is 9.41. The molecule has 0 aliphatic carbocycles. The van der Waals surface area contributed by atoms with E-state index in [4.69, 9.17) is 39.8 Å². The van der Waals surface area contributed by atoms with Crippen LogP contribution in [0.15, 0.2) is 63.5 Å². The summed E-state index contributed by atoms with van der Waals surface area (Å²) in [6.07, 6.45) is 0. The number of rotatable bonds is 3. The number of thiocarbonyl (C=S) groups is 1. The second-order valence-electron chi connectivity index (χ2n) is 6.34. The normalized spacial score (nSPS) is 10.8. The van der Waals surface area contributed by atoms with Gasteiger partial charge in [-0.2, -0.15) is 0 Å². The summed E-state index contributed by atoms with van der Waals surface area (Å²) in [4.78, 5) is 17.0. The Bertz CT molecular complexity index is 1350. The third-order valence-corrected chi connectivity index (χ3v) is 6.61. The summed E-state index contributed by atoms with van der Waals surface area (Å²) in [6.45, 7) is 0. The van der Waals surface area contributed by atoms with Gasteiger partial charge in [-0.15, -0.1) is 0 Å². The number of nitrogens with zero attached hydrogens (tertiary/aromatic N) is 1. The molecule has 0 radical (unpaired) electrons. The van der Waals surface area contributed by atoms with Crippen molar-refractivity contribution in [2.45, 2.75) is 0 Å². The minimum atomic E-state index is -0.460. The van der Waals surface area contributed by atoms with Crippen molar-refractivity contribution in [2.75, 3.05) is 5.32 Å². The van der Waals surface area contributed by atoms with E-state index in [2.05, 4.69) is 54.1 Å². The molecule has 0 saturated heterocycles. The Balaban J connectivity index is 1.52. The monoisotopic (exact) mass is 645 g/mol. The van der Waals surface area contributed by atoms with E-state index in [0.717, 1.165) is 13.6 Å². The first-order chi connectivity index (χ1) is 14.8. The number of halogens is 4. The average molecular weight is 647 g/mol. The highest BCUT2D eigenvalue weighted by molar-refractivity contribution is 14.1. The summed E-state index contributed by atoms with van der Waals surface area (Å²) in [7, 11) is 0. The van der Waals surface area contributed by atoms with Crippen LogP contribution < -0.4 is 10.6 Å². The minimum Gasteiger partial charge on any atom is -0.436 e. The topological polar surface area (TPSA) is 67.2 Å². The average Bonchev–Trinajstić information content (AvgIpc) is 3.14. The smallest absolute Gasteiger partial charge is 0.258 e. The third-order valence-electron chi connectivity index (χ3n) is 4.23. The zero-order valence-electron chi connectivity index (χ0n) is 15.4. The molecule has 10 heteroatoms. The summed E-state index contributed by atoms with van der Waals surface area (Å²) in [6, 6.07) is 16.1. The van der Waals surface area contributed by atoms with Gasteiger partial charge in [-0.3, -0.25) is 10.1 Å². The summed E-state index contributed by atoms with van der Waals surface area (Å²) in [5.41, 5.74) is 3.03. The number of anilines is 1. The maximum absolute atomic E-state index is 12.4. The Morgan fingerprint density at radius 2 is 1.94 bits per heavy atom. The number of oxazole rings is 1. The molecule has 4 rings (SSSR count). The molecule has 0 bridgehead atoms. The molecule has 0 aliphatic rings. The van der Waals surface area contributed by atoms with Gasteiger partial charge in [0.1, 0.15) is 5.52 Å². The largest absolute Gasteiger partial charge is 0.436 e. The first-order valence-corrected chi connectivity index (χ1v) is 11.8. The van der Waals surface area contributed by atoms with Gasteiger partial charge < -0.3 is 9.73 Å². The van der Waals surface area contributed by atoms with E-state index in [9.17, 15) is 4.79 Å². The maximum atomic E-state index is 12.4. The SMILES string of the molecule is O=C(NC(=S)Nc1ccc2oc(-c3cc(I)ccc3Br)nc2c1)c1cccc(Cl)c1Cl. The van der Waals surface area contributed by atoms with Crippen molar-refractivity contribution in [3.8, 4) is 11.5 Å². The number of nitrogens with one attached hydrogen (secondary N) is 2. The van der Waals surface area contributed by atoms with Crippen molar-refractivity contribution in [1.82, 2.24) is 10.3 Å². The molecule has 3 aromatic carbocycles. The van der Waals surface area contributed by atoms with Gasteiger partial charge in [-0.05, 0) is 99.3 Å². The van der Waals surface area contributed by atoms with Gasteiger partial charge in [0.15, 0.2) is 10.7 Å². The fraction of sp³-hybridized carbons (Fsp3) is 0. The van der Waals surface area contributed by atoms with Gasteiger partial charge >= 0.3 is 0 Å². The Labute approximate surface area is 214 Å². The fourth-order valence-electron chi connectivity index (χ4n) is 2.79. The molecule has 1 heterocycles. The van der Waals surface area contributed by atoms with Crippen LogP contribution in [0.1, 0.15) is 10.4 Å². The highest BCUT2D eigenvalue weighted by Gasteiger charge is 2.15. The van der Waals surface area contributed by atoms with Crippen LogP contribution in [0.2, 0.25) is 10.0 Å². The molecule has 1 aromatic heterocycles.